The molecule has 1 aliphatic rings. The van der Waals surface area contributed by atoms with E-state index in [-0.39, 0.29) is 0 Å². The van der Waals surface area contributed by atoms with Gasteiger partial charge in [-0.25, -0.2) is 9.97 Å². The minimum atomic E-state index is 0.317. The molecule has 1 aromatic rings. The van der Waals surface area contributed by atoms with Gasteiger partial charge in [0.25, 0.3) is 0 Å². The Labute approximate surface area is 128 Å². The zero-order valence-electron chi connectivity index (χ0n) is 13.9. The summed E-state index contributed by atoms with van der Waals surface area (Å²) >= 11 is 0. The lowest BCUT2D eigenvalue weighted by Crippen LogP contribution is -2.33. The molecular weight excluding hydrogens is 264 g/mol. The van der Waals surface area contributed by atoms with Gasteiger partial charge in [0.05, 0.1) is 6.10 Å². The van der Waals surface area contributed by atoms with Crippen molar-refractivity contribution in [3.8, 4) is 0 Å². The highest BCUT2D eigenvalue weighted by Crippen LogP contribution is 2.27. The molecule has 0 bridgehead atoms. The van der Waals surface area contributed by atoms with Crippen LogP contribution in [0, 0.1) is 6.92 Å². The van der Waals surface area contributed by atoms with E-state index < -0.39 is 0 Å². The third-order valence-electron chi connectivity index (χ3n) is 4.02. The molecular formula is C16H28N4O. The minimum absolute atomic E-state index is 0.317. The van der Waals surface area contributed by atoms with Gasteiger partial charge in [-0.05, 0) is 26.7 Å². The number of aromatic nitrogens is 2. The summed E-state index contributed by atoms with van der Waals surface area (Å²) in [5.41, 5.74) is 1.11. The molecule has 1 unspecified atom stereocenters. The van der Waals surface area contributed by atoms with E-state index in [0.717, 1.165) is 49.1 Å². The smallest absolute Gasteiger partial charge is 0.137 e. The van der Waals surface area contributed by atoms with E-state index in [0.29, 0.717) is 12.0 Å². The minimum Gasteiger partial charge on any atom is -0.376 e. The van der Waals surface area contributed by atoms with Crippen molar-refractivity contribution in [3.05, 3.63) is 11.4 Å². The van der Waals surface area contributed by atoms with Gasteiger partial charge in [0.2, 0.25) is 0 Å². The molecule has 0 aliphatic carbocycles. The number of rotatable bonds is 6. The molecule has 21 heavy (non-hydrogen) atoms. The second-order valence-electron chi connectivity index (χ2n) is 5.96. The molecule has 2 heterocycles. The lowest BCUT2D eigenvalue weighted by atomic mass is 10.1. The van der Waals surface area contributed by atoms with Crippen LogP contribution in [0.2, 0.25) is 0 Å². The number of hydrogen-bond acceptors (Lipinski definition) is 5. The van der Waals surface area contributed by atoms with Gasteiger partial charge < -0.3 is 15.0 Å². The quantitative estimate of drug-likeness (QED) is 0.873. The summed E-state index contributed by atoms with van der Waals surface area (Å²) in [6, 6.07) is 0. The maximum atomic E-state index is 5.78. The molecule has 2 rings (SSSR count). The SMILES string of the molecule is CCN(CC1CCCO1)c1nc(C(C)C)nc(NC)c1C. The Morgan fingerprint density at radius 1 is 1.38 bits per heavy atom. The molecule has 5 heteroatoms. The zero-order valence-corrected chi connectivity index (χ0v) is 13.9. The highest BCUT2D eigenvalue weighted by Gasteiger charge is 2.22. The van der Waals surface area contributed by atoms with Gasteiger partial charge in [-0.15, -0.1) is 0 Å². The Morgan fingerprint density at radius 2 is 2.14 bits per heavy atom. The van der Waals surface area contributed by atoms with E-state index in [1.165, 1.54) is 6.42 Å². The van der Waals surface area contributed by atoms with Crippen LogP contribution in [0.4, 0.5) is 11.6 Å². The van der Waals surface area contributed by atoms with Crippen molar-refractivity contribution in [2.75, 3.05) is 37.0 Å². The lowest BCUT2D eigenvalue weighted by molar-refractivity contribution is 0.115. The largest absolute Gasteiger partial charge is 0.376 e. The fourth-order valence-corrected chi connectivity index (χ4v) is 2.73. The van der Waals surface area contributed by atoms with Crippen molar-refractivity contribution in [1.29, 1.82) is 0 Å². The second kappa shape index (κ2) is 7.07. The van der Waals surface area contributed by atoms with Crippen molar-refractivity contribution < 1.29 is 4.74 Å². The van der Waals surface area contributed by atoms with Gasteiger partial charge in [-0.2, -0.15) is 0 Å². The Morgan fingerprint density at radius 3 is 2.67 bits per heavy atom. The molecule has 1 aromatic heterocycles. The van der Waals surface area contributed by atoms with Crippen LogP contribution in [0.25, 0.3) is 0 Å². The Hall–Kier alpha value is -1.36. The van der Waals surface area contributed by atoms with Crippen LogP contribution in [0.15, 0.2) is 0 Å². The molecule has 118 valence electrons. The highest BCUT2D eigenvalue weighted by molar-refractivity contribution is 5.58. The topological polar surface area (TPSA) is 50.3 Å². The van der Waals surface area contributed by atoms with E-state index in [1.54, 1.807) is 0 Å². The second-order valence-corrected chi connectivity index (χ2v) is 5.96. The molecule has 5 nitrogen and oxygen atoms in total. The number of anilines is 2. The predicted octanol–water partition coefficient (Wildman–Crippen LogP) is 2.96. The summed E-state index contributed by atoms with van der Waals surface area (Å²) in [6.45, 7) is 11.2. The van der Waals surface area contributed by atoms with Gasteiger partial charge in [-0.1, -0.05) is 13.8 Å². The Bertz CT molecular complexity index is 470. The van der Waals surface area contributed by atoms with Gasteiger partial charge in [0.15, 0.2) is 0 Å². The van der Waals surface area contributed by atoms with Crippen LogP contribution in [0.1, 0.15) is 50.9 Å². The van der Waals surface area contributed by atoms with Gasteiger partial charge >= 0.3 is 0 Å². The van der Waals surface area contributed by atoms with Crippen LogP contribution in [0.5, 0.6) is 0 Å². The van der Waals surface area contributed by atoms with Crippen molar-refractivity contribution in [1.82, 2.24) is 9.97 Å². The van der Waals surface area contributed by atoms with Crippen LogP contribution in [-0.4, -0.2) is 42.8 Å². The number of nitrogens with zero attached hydrogens (tertiary/aromatic N) is 3. The average Bonchev–Trinajstić information content (AvgIpc) is 2.98. The fourth-order valence-electron chi connectivity index (χ4n) is 2.73. The maximum absolute atomic E-state index is 5.78. The zero-order chi connectivity index (χ0) is 15.4. The van der Waals surface area contributed by atoms with Crippen molar-refractivity contribution >= 4 is 11.6 Å². The average molecular weight is 292 g/mol. The summed E-state index contributed by atoms with van der Waals surface area (Å²) in [7, 11) is 1.92. The third-order valence-corrected chi connectivity index (χ3v) is 4.02. The number of hydrogen-bond donors (Lipinski definition) is 1. The molecule has 0 amide bonds. The van der Waals surface area contributed by atoms with Crippen molar-refractivity contribution in [3.63, 3.8) is 0 Å². The van der Waals surface area contributed by atoms with Crippen molar-refractivity contribution in [2.24, 2.45) is 0 Å². The third kappa shape index (κ3) is 3.64. The normalized spacial score (nSPS) is 18.3. The first-order chi connectivity index (χ1) is 10.1. The van der Waals surface area contributed by atoms with E-state index in [1.807, 2.05) is 7.05 Å². The summed E-state index contributed by atoms with van der Waals surface area (Å²) < 4.78 is 5.78. The number of ether oxygens (including phenoxy) is 1. The molecule has 1 atom stereocenters. The lowest BCUT2D eigenvalue weighted by Gasteiger charge is -2.27. The summed E-state index contributed by atoms with van der Waals surface area (Å²) in [5.74, 6) is 3.18. The number of nitrogens with one attached hydrogen (secondary N) is 1. The first-order valence-electron chi connectivity index (χ1n) is 7.99. The van der Waals surface area contributed by atoms with Gasteiger partial charge in [0, 0.05) is 38.2 Å². The van der Waals surface area contributed by atoms with Gasteiger partial charge in [0.1, 0.15) is 17.5 Å². The Kier molecular flexibility index (Phi) is 5.39. The van der Waals surface area contributed by atoms with Gasteiger partial charge in [-0.3, -0.25) is 0 Å². The van der Waals surface area contributed by atoms with E-state index in [2.05, 4.69) is 42.9 Å². The van der Waals surface area contributed by atoms with E-state index in [4.69, 9.17) is 9.72 Å². The summed E-state index contributed by atoms with van der Waals surface area (Å²) in [4.78, 5) is 11.8. The maximum Gasteiger partial charge on any atom is 0.137 e. The molecule has 1 saturated heterocycles. The molecule has 0 spiro atoms. The standard InChI is InChI=1S/C16H28N4O/c1-6-20(10-13-8-7-9-21-13)16-12(4)15(17-5)18-14(19-16)11(2)3/h11,13H,6-10H2,1-5H3,(H,17,18,19). The van der Waals surface area contributed by atoms with Crippen LogP contribution in [-0.2, 0) is 4.74 Å². The highest BCUT2D eigenvalue weighted by atomic mass is 16.5. The summed E-state index contributed by atoms with van der Waals surface area (Å²) in [6.07, 6.45) is 2.65. The molecule has 1 aliphatic heterocycles. The fraction of sp³-hybridized carbons (Fsp3) is 0.750. The van der Waals surface area contributed by atoms with Crippen LogP contribution in [0.3, 0.4) is 0 Å². The molecule has 0 aromatic carbocycles. The first-order valence-corrected chi connectivity index (χ1v) is 7.99. The first kappa shape index (κ1) is 16.0. The molecule has 1 N–H and O–H groups in total. The van der Waals surface area contributed by atoms with Crippen LogP contribution < -0.4 is 10.2 Å². The Balaban J connectivity index is 2.31. The van der Waals surface area contributed by atoms with Crippen LogP contribution >= 0.6 is 0 Å². The molecule has 1 fully saturated rings. The van der Waals surface area contributed by atoms with E-state index >= 15 is 0 Å². The molecule has 0 saturated carbocycles. The van der Waals surface area contributed by atoms with Crippen molar-refractivity contribution in [2.45, 2.75) is 52.6 Å². The predicted molar refractivity (Wildman–Crippen MR) is 87.3 cm³/mol. The molecule has 0 radical (unpaired) electrons. The number of likely N-dealkylation sites (N-methyl/N-ethyl adjacent to an activating group) is 1. The monoisotopic (exact) mass is 292 g/mol. The van der Waals surface area contributed by atoms with E-state index in [9.17, 15) is 0 Å². The summed E-state index contributed by atoms with van der Waals surface area (Å²) in [5, 5.41) is 3.19.